The summed E-state index contributed by atoms with van der Waals surface area (Å²) in [5.74, 6) is -0.602. The van der Waals surface area contributed by atoms with Gasteiger partial charge in [0.2, 0.25) is 0 Å². The number of aromatic carboxylic acids is 1. The van der Waals surface area contributed by atoms with E-state index in [0.29, 0.717) is 11.4 Å². The number of hydrogen-bond donors (Lipinski definition) is 2. The number of carboxylic acid groups (broad SMARTS) is 1. The summed E-state index contributed by atoms with van der Waals surface area (Å²) in [5.41, 5.74) is 1.36. The lowest BCUT2D eigenvalue weighted by Gasteiger charge is -2.09. The molecule has 1 aromatic carbocycles. The van der Waals surface area contributed by atoms with Gasteiger partial charge < -0.3 is 15.0 Å². The van der Waals surface area contributed by atoms with Crippen molar-refractivity contribution in [3.05, 3.63) is 71.7 Å². The summed E-state index contributed by atoms with van der Waals surface area (Å²) in [7, 11) is 1.77. The van der Waals surface area contributed by atoms with E-state index in [9.17, 15) is 9.59 Å². The molecule has 2 heterocycles. The average molecular weight is 324 g/mol. The van der Waals surface area contributed by atoms with E-state index in [1.54, 1.807) is 29.9 Å². The van der Waals surface area contributed by atoms with Gasteiger partial charge in [0.25, 0.3) is 5.91 Å². The van der Waals surface area contributed by atoms with Crippen LogP contribution in [0, 0.1) is 0 Å². The molecule has 3 aromatic rings. The summed E-state index contributed by atoms with van der Waals surface area (Å²) in [4.78, 5) is 23.5. The van der Waals surface area contributed by atoms with Crippen LogP contribution in [0.1, 0.15) is 26.3 Å². The number of aromatic nitrogens is 3. The summed E-state index contributed by atoms with van der Waals surface area (Å²) < 4.78 is 3.44. The third kappa shape index (κ3) is 3.05. The quantitative estimate of drug-likeness (QED) is 0.749. The van der Waals surface area contributed by atoms with Crippen molar-refractivity contribution in [2.75, 3.05) is 0 Å². The number of carbonyl (C=O) groups is 2. The number of nitrogens with one attached hydrogen (secondary N) is 1. The van der Waals surface area contributed by atoms with Gasteiger partial charge in [0, 0.05) is 26.0 Å². The van der Waals surface area contributed by atoms with Crippen LogP contribution in [0.5, 0.6) is 0 Å². The second kappa shape index (κ2) is 6.41. The molecular weight excluding hydrogens is 308 g/mol. The fourth-order valence-corrected chi connectivity index (χ4v) is 2.47. The number of nitrogens with zero attached hydrogens (tertiary/aromatic N) is 3. The van der Waals surface area contributed by atoms with Gasteiger partial charge in [-0.1, -0.05) is 12.1 Å². The number of hydrogen-bond acceptors (Lipinski definition) is 3. The average Bonchev–Trinajstić information content (AvgIpc) is 3.22. The number of rotatable bonds is 5. The monoisotopic (exact) mass is 324 g/mol. The maximum Gasteiger partial charge on any atom is 0.335 e. The Morgan fingerprint density at radius 1 is 1.21 bits per heavy atom. The molecule has 2 N–H and O–H groups in total. The number of carbonyl (C=O) groups excluding carboxylic acids is 1. The van der Waals surface area contributed by atoms with Crippen molar-refractivity contribution >= 4 is 11.9 Å². The molecule has 7 heteroatoms. The maximum atomic E-state index is 12.5. The summed E-state index contributed by atoms with van der Waals surface area (Å²) in [6.45, 7) is 0.236. The van der Waals surface area contributed by atoms with E-state index < -0.39 is 5.97 Å². The van der Waals surface area contributed by atoms with Crippen molar-refractivity contribution < 1.29 is 14.7 Å². The van der Waals surface area contributed by atoms with E-state index in [0.717, 1.165) is 5.56 Å². The minimum atomic E-state index is -0.995. The van der Waals surface area contributed by atoms with Crippen LogP contribution >= 0.6 is 0 Å². The molecule has 122 valence electrons. The second-order valence-corrected chi connectivity index (χ2v) is 5.28. The van der Waals surface area contributed by atoms with Gasteiger partial charge in [0.05, 0.1) is 11.8 Å². The first-order valence-electron chi connectivity index (χ1n) is 7.32. The highest BCUT2D eigenvalue weighted by atomic mass is 16.4. The molecule has 0 unspecified atom stereocenters. The second-order valence-electron chi connectivity index (χ2n) is 5.28. The predicted molar refractivity (Wildman–Crippen MR) is 87.1 cm³/mol. The highest BCUT2D eigenvalue weighted by Crippen LogP contribution is 2.14. The van der Waals surface area contributed by atoms with Crippen molar-refractivity contribution in [3.63, 3.8) is 0 Å². The number of amides is 1. The van der Waals surface area contributed by atoms with Crippen LogP contribution in [0.4, 0.5) is 0 Å². The Morgan fingerprint density at radius 2 is 1.96 bits per heavy atom. The molecule has 7 nitrogen and oxygen atoms in total. The Kier molecular flexibility index (Phi) is 4.15. The lowest BCUT2D eigenvalue weighted by molar-refractivity contribution is 0.0696. The summed E-state index contributed by atoms with van der Waals surface area (Å²) in [6.07, 6.45) is 5.19. The SMILES string of the molecule is Cn1ncc(C(=O)NCc2cccc(C(=O)O)c2)c1-n1cccc1. The number of aryl methyl sites for hydroxylation is 1. The zero-order valence-electron chi connectivity index (χ0n) is 13.0. The van der Waals surface area contributed by atoms with Crippen LogP contribution in [-0.2, 0) is 13.6 Å². The van der Waals surface area contributed by atoms with E-state index in [-0.39, 0.29) is 18.0 Å². The van der Waals surface area contributed by atoms with Gasteiger partial charge in [-0.25, -0.2) is 4.79 Å². The fourth-order valence-electron chi connectivity index (χ4n) is 2.47. The molecule has 0 fully saturated rings. The van der Waals surface area contributed by atoms with Gasteiger partial charge in [-0.3, -0.25) is 9.48 Å². The summed E-state index contributed by atoms with van der Waals surface area (Å²) in [6, 6.07) is 10.2. The standard InChI is InChI=1S/C17H16N4O3/c1-20-16(21-7-2-3-8-21)14(11-19-20)15(22)18-10-12-5-4-6-13(9-12)17(23)24/h2-9,11H,10H2,1H3,(H,18,22)(H,23,24). The van der Waals surface area contributed by atoms with Crippen molar-refractivity contribution in [2.24, 2.45) is 7.05 Å². The first-order valence-corrected chi connectivity index (χ1v) is 7.32. The highest BCUT2D eigenvalue weighted by Gasteiger charge is 2.17. The molecule has 0 radical (unpaired) electrons. The van der Waals surface area contributed by atoms with Crippen LogP contribution in [0.2, 0.25) is 0 Å². The van der Waals surface area contributed by atoms with Crippen molar-refractivity contribution in [1.29, 1.82) is 0 Å². The minimum absolute atomic E-state index is 0.191. The Labute approximate surface area is 138 Å². The first-order chi connectivity index (χ1) is 11.6. The zero-order chi connectivity index (χ0) is 17.1. The third-order valence-corrected chi connectivity index (χ3v) is 3.63. The molecule has 0 aliphatic heterocycles. The normalized spacial score (nSPS) is 10.5. The molecule has 0 bridgehead atoms. The Balaban J connectivity index is 1.77. The summed E-state index contributed by atoms with van der Waals surface area (Å²) in [5, 5.41) is 16.0. The van der Waals surface area contributed by atoms with Crippen LogP contribution in [-0.4, -0.2) is 31.3 Å². The van der Waals surface area contributed by atoms with Gasteiger partial charge in [0.1, 0.15) is 11.4 Å². The van der Waals surface area contributed by atoms with Gasteiger partial charge in [-0.05, 0) is 29.8 Å². The fraction of sp³-hybridized carbons (Fsp3) is 0.118. The van der Waals surface area contributed by atoms with Crippen LogP contribution < -0.4 is 5.32 Å². The topological polar surface area (TPSA) is 89.2 Å². The van der Waals surface area contributed by atoms with E-state index in [1.807, 2.05) is 29.1 Å². The minimum Gasteiger partial charge on any atom is -0.478 e. The third-order valence-electron chi connectivity index (χ3n) is 3.63. The molecule has 0 aliphatic rings. The van der Waals surface area contributed by atoms with Gasteiger partial charge in [-0.15, -0.1) is 0 Å². The molecule has 0 aliphatic carbocycles. The van der Waals surface area contributed by atoms with Gasteiger partial charge in [0.15, 0.2) is 0 Å². The van der Waals surface area contributed by atoms with E-state index in [1.165, 1.54) is 12.3 Å². The van der Waals surface area contributed by atoms with E-state index >= 15 is 0 Å². The smallest absolute Gasteiger partial charge is 0.335 e. The zero-order valence-corrected chi connectivity index (χ0v) is 13.0. The molecule has 2 aromatic heterocycles. The van der Waals surface area contributed by atoms with Crippen LogP contribution in [0.3, 0.4) is 0 Å². The molecule has 0 saturated heterocycles. The number of benzene rings is 1. The molecule has 0 spiro atoms. The predicted octanol–water partition coefficient (Wildman–Crippen LogP) is 1.84. The van der Waals surface area contributed by atoms with Crippen molar-refractivity contribution in [2.45, 2.75) is 6.54 Å². The van der Waals surface area contributed by atoms with Gasteiger partial charge in [-0.2, -0.15) is 5.10 Å². The molecule has 3 rings (SSSR count). The molecule has 0 atom stereocenters. The largest absolute Gasteiger partial charge is 0.478 e. The van der Waals surface area contributed by atoms with Crippen molar-refractivity contribution in [1.82, 2.24) is 19.7 Å². The first kappa shape index (κ1) is 15.5. The van der Waals surface area contributed by atoms with Gasteiger partial charge >= 0.3 is 5.97 Å². The Bertz CT molecular complexity index is 881. The van der Waals surface area contributed by atoms with E-state index in [2.05, 4.69) is 10.4 Å². The molecular formula is C17H16N4O3. The lowest BCUT2D eigenvalue weighted by Crippen LogP contribution is -2.24. The number of carboxylic acids is 1. The maximum absolute atomic E-state index is 12.5. The molecule has 24 heavy (non-hydrogen) atoms. The lowest BCUT2D eigenvalue weighted by atomic mass is 10.1. The Hall–Kier alpha value is -3.35. The summed E-state index contributed by atoms with van der Waals surface area (Å²) >= 11 is 0. The molecule has 0 saturated carbocycles. The molecule has 1 amide bonds. The van der Waals surface area contributed by atoms with Crippen LogP contribution in [0.15, 0.2) is 55.0 Å². The highest BCUT2D eigenvalue weighted by molar-refractivity contribution is 5.97. The Morgan fingerprint density at radius 3 is 2.67 bits per heavy atom. The van der Waals surface area contributed by atoms with E-state index in [4.69, 9.17) is 5.11 Å². The van der Waals surface area contributed by atoms with Crippen molar-refractivity contribution in [3.8, 4) is 5.82 Å². The van der Waals surface area contributed by atoms with Crippen LogP contribution in [0.25, 0.3) is 5.82 Å².